The second-order valence-electron chi connectivity index (χ2n) is 4.07. The fourth-order valence-corrected chi connectivity index (χ4v) is 2.00. The first-order valence-corrected chi connectivity index (χ1v) is 6.32. The molecule has 5 nitrogen and oxygen atoms in total. The van der Waals surface area contributed by atoms with E-state index in [9.17, 15) is 8.78 Å². The van der Waals surface area contributed by atoms with Crippen molar-refractivity contribution in [3.63, 3.8) is 0 Å². The van der Waals surface area contributed by atoms with Crippen molar-refractivity contribution in [2.75, 3.05) is 17.9 Å². The van der Waals surface area contributed by atoms with Gasteiger partial charge >= 0.3 is 0 Å². The molecule has 0 saturated carbocycles. The molecule has 0 fully saturated rings. The van der Waals surface area contributed by atoms with Gasteiger partial charge in [-0.25, -0.2) is 19.6 Å². The van der Waals surface area contributed by atoms with E-state index in [1.54, 1.807) is 18.2 Å². The Morgan fingerprint density at radius 1 is 1.29 bits per heavy atom. The van der Waals surface area contributed by atoms with Crippen LogP contribution in [0.25, 0.3) is 0 Å². The summed E-state index contributed by atoms with van der Waals surface area (Å²) in [5.74, 6) is 3.53. The number of nitrogens with one attached hydrogen (secondary N) is 2. The van der Waals surface area contributed by atoms with Crippen LogP contribution >= 0.6 is 11.6 Å². The maximum absolute atomic E-state index is 13.7. The Morgan fingerprint density at radius 3 is 2.67 bits per heavy atom. The number of nitrogens with two attached hydrogens (primary N) is 1. The number of rotatable bonds is 5. The van der Waals surface area contributed by atoms with Gasteiger partial charge in [-0.05, 0) is 12.1 Å². The summed E-state index contributed by atoms with van der Waals surface area (Å²) in [6.07, 6.45) is 0. The van der Waals surface area contributed by atoms with Gasteiger partial charge in [0, 0.05) is 23.2 Å². The topological polar surface area (TPSA) is 72.2 Å². The number of hydrogen-bond acceptors (Lipinski definition) is 5. The Morgan fingerprint density at radius 2 is 2.00 bits per heavy atom. The largest absolute Gasteiger partial charge is 0.496 e. The highest BCUT2D eigenvalue weighted by Gasteiger charge is 2.13. The molecule has 0 saturated heterocycles. The molecule has 0 bridgehead atoms. The summed E-state index contributed by atoms with van der Waals surface area (Å²) in [7, 11) is 1.50. The maximum Gasteiger partial charge on any atom is 0.178 e. The average molecular weight is 315 g/mol. The second-order valence-corrected chi connectivity index (χ2v) is 4.47. The summed E-state index contributed by atoms with van der Waals surface area (Å²) < 4.78 is 32.1. The molecule has 8 heteroatoms. The Labute approximate surface area is 125 Å². The van der Waals surface area contributed by atoms with Gasteiger partial charge in [-0.1, -0.05) is 17.7 Å². The maximum atomic E-state index is 13.7. The van der Waals surface area contributed by atoms with E-state index >= 15 is 0 Å². The van der Waals surface area contributed by atoms with Crippen LogP contribution in [0, 0.1) is 11.6 Å². The SMILES string of the molecule is COc1cccc(Cl)c1CNc1nc(NN)c(F)cc1F. The van der Waals surface area contributed by atoms with Gasteiger partial charge in [0.15, 0.2) is 23.3 Å². The van der Waals surface area contributed by atoms with Crippen molar-refractivity contribution in [1.82, 2.24) is 4.98 Å². The summed E-state index contributed by atoms with van der Waals surface area (Å²) in [6.45, 7) is 0.155. The van der Waals surface area contributed by atoms with E-state index in [1.165, 1.54) is 7.11 Å². The van der Waals surface area contributed by atoms with E-state index < -0.39 is 11.6 Å². The molecular formula is C13H13ClF2N4O. The van der Waals surface area contributed by atoms with Gasteiger partial charge in [-0.2, -0.15) is 0 Å². The number of halogens is 3. The van der Waals surface area contributed by atoms with Gasteiger partial charge in [0.05, 0.1) is 7.11 Å². The number of anilines is 2. The minimum absolute atomic E-state index is 0.147. The highest BCUT2D eigenvalue weighted by Crippen LogP contribution is 2.27. The molecule has 0 unspecified atom stereocenters. The van der Waals surface area contributed by atoms with Crippen LogP contribution in [-0.2, 0) is 6.54 Å². The van der Waals surface area contributed by atoms with Crippen molar-refractivity contribution in [1.29, 1.82) is 0 Å². The number of nitrogen functional groups attached to an aromatic ring is 1. The fourth-order valence-electron chi connectivity index (χ4n) is 1.77. The van der Waals surface area contributed by atoms with Crippen molar-refractivity contribution in [2.45, 2.75) is 6.54 Å². The number of pyridine rings is 1. The zero-order chi connectivity index (χ0) is 15.4. The predicted octanol–water partition coefficient (Wildman–Crippen LogP) is 2.92. The van der Waals surface area contributed by atoms with Crippen LogP contribution < -0.4 is 21.3 Å². The molecule has 0 radical (unpaired) electrons. The lowest BCUT2D eigenvalue weighted by Crippen LogP contribution is -2.13. The lowest BCUT2D eigenvalue weighted by molar-refractivity contribution is 0.410. The van der Waals surface area contributed by atoms with Gasteiger partial charge in [-0.15, -0.1) is 0 Å². The monoisotopic (exact) mass is 314 g/mol. The zero-order valence-corrected chi connectivity index (χ0v) is 11.8. The van der Waals surface area contributed by atoms with E-state index in [0.29, 0.717) is 22.4 Å². The number of ether oxygens (including phenoxy) is 1. The predicted molar refractivity (Wildman–Crippen MR) is 77.3 cm³/mol. The van der Waals surface area contributed by atoms with E-state index in [4.69, 9.17) is 22.2 Å². The average Bonchev–Trinajstić information content (AvgIpc) is 2.47. The molecule has 21 heavy (non-hydrogen) atoms. The Hall–Kier alpha value is -2.12. The van der Waals surface area contributed by atoms with E-state index in [2.05, 4.69) is 15.7 Å². The summed E-state index contributed by atoms with van der Waals surface area (Å²) in [5, 5.41) is 3.19. The van der Waals surface area contributed by atoms with Gasteiger partial charge in [-0.3, -0.25) is 0 Å². The van der Waals surface area contributed by atoms with Crippen molar-refractivity contribution in [3.8, 4) is 5.75 Å². The van der Waals surface area contributed by atoms with Gasteiger partial charge in [0.25, 0.3) is 0 Å². The number of hydrogen-bond donors (Lipinski definition) is 3. The number of benzene rings is 1. The summed E-state index contributed by atoms with van der Waals surface area (Å²) in [4.78, 5) is 3.71. The van der Waals surface area contributed by atoms with Crippen LogP contribution in [0.4, 0.5) is 20.4 Å². The van der Waals surface area contributed by atoms with Gasteiger partial charge in [0.2, 0.25) is 0 Å². The first-order valence-electron chi connectivity index (χ1n) is 5.94. The van der Waals surface area contributed by atoms with Gasteiger partial charge in [0.1, 0.15) is 5.75 Å². The van der Waals surface area contributed by atoms with Crippen LogP contribution in [0.1, 0.15) is 5.56 Å². The molecule has 0 aliphatic rings. The number of hydrazine groups is 1. The van der Waals surface area contributed by atoms with Crippen molar-refractivity contribution >= 4 is 23.2 Å². The quantitative estimate of drug-likeness (QED) is 0.584. The molecule has 0 aliphatic heterocycles. The minimum atomic E-state index is -0.879. The molecule has 112 valence electrons. The van der Waals surface area contributed by atoms with Crippen LogP contribution in [-0.4, -0.2) is 12.1 Å². The highest BCUT2D eigenvalue weighted by molar-refractivity contribution is 6.31. The number of nitrogens with zero attached hydrogens (tertiary/aromatic N) is 1. The Balaban J connectivity index is 2.25. The molecule has 4 N–H and O–H groups in total. The molecule has 2 rings (SSSR count). The summed E-state index contributed by atoms with van der Waals surface area (Å²) in [6, 6.07) is 5.83. The Kier molecular flexibility index (Phi) is 4.77. The summed E-state index contributed by atoms with van der Waals surface area (Å²) in [5.41, 5.74) is 2.69. The minimum Gasteiger partial charge on any atom is -0.496 e. The molecule has 1 aromatic heterocycles. The van der Waals surface area contributed by atoms with E-state index in [-0.39, 0.29) is 18.2 Å². The standard InChI is InChI=1S/C13H13ClF2N4O/c1-21-11-4-2-3-8(14)7(11)6-18-12-9(15)5-10(16)13(19-12)20-17/h2-5H,6,17H2,1H3,(H2,18,19,20). The molecule has 0 spiro atoms. The molecule has 2 aromatic rings. The summed E-state index contributed by atoms with van der Waals surface area (Å²) >= 11 is 6.07. The lowest BCUT2D eigenvalue weighted by Gasteiger charge is -2.13. The Bertz CT molecular complexity index is 654. The third-order valence-electron chi connectivity index (χ3n) is 2.79. The smallest absolute Gasteiger partial charge is 0.178 e. The first-order chi connectivity index (χ1) is 10.1. The fraction of sp³-hybridized carbons (Fsp3) is 0.154. The van der Waals surface area contributed by atoms with Crippen LogP contribution in [0.15, 0.2) is 24.3 Å². The first kappa shape index (κ1) is 15.3. The van der Waals surface area contributed by atoms with E-state index in [0.717, 1.165) is 0 Å². The van der Waals surface area contributed by atoms with Crippen LogP contribution in [0.3, 0.4) is 0 Å². The molecular weight excluding hydrogens is 302 g/mol. The van der Waals surface area contributed by atoms with Gasteiger partial charge < -0.3 is 15.5 Å². The second kappa shape index (κ2) is 6.55. The normalized spacial score (nSPS) is 10.3. The molecule has 1 heterocycles. The molecule has 0 amide bonds. The van der Waals surface area contributed by atoms with Crippen molar-refractivity contribution < 1.29 is 13.5 Å². The third-order valence-corrected chi connectivity index (χ3v) is 3.15. The molecule has 1 aromatic carbocycles. The van der Waals surface area contributed by atoms with Crippen LogP contribution in [0.2, 0.25) is 5.02 Å². The zero-order valence-electron chi connectivity index (χ0n) is 11.1. The van der Waals surface area contributed by atoms with E-state index in [1.807, 2.05) is 0 Å². The number of aromatic nitrogens is 1. The third kappa shape index (κ3) is 3.32. The highest BCUT2D eigenvalue weighted by atomic mass is 35.5. The van der Waals surface area contributed by atoms with Crippen LogP contribution in [0.5, 0.6) is 5.75 Å². The van der Waals surface area contributed by atoms with Crippen molar-refractivity contribution in [3.05, 3.63) is 46.5 Å². The number of methoxy groups -OCH3 is 1. The molecule has 0 atom stereocenters. The van der Waals surface area contributed by atoms with Crippen molar-refractivity contribution in [2.24, 2.45) is 5.84 Å². The molecule has 0 aliphatic carbocycles. The lowest BCUT2D eigenvalue weighted by atomic mass is 10.2.